The Morgan fingerprint density at radius 2 is 2.12 bits per heavy atom. The van der Waals surface area contributed by atoms with Crippen molar-refractivity contribution < 1.29 is 14.3 Å². The van der Waals surface area contributed by atoms with Crippen molar-refractivity contribution in [1.82, 2.24) is 4.90 Å². The van der Waals surface area contributed by atoms with E-state index in [-0.39, 0.29) is 5.92 Å². The summed E-state index contributed by atoms with van der Waals surface area (Å²) in [6, 6.07) is 8.32. The van der Waals surface area contributed by atoms with Crippen LogP contribution in [-0.2, 0) is 16.0 Å². The van der Waals surface area contributed by atoms with Crippen molar-refractivity contribution in [2.75, 3.05) is 33.4 Å². The van der Waals surface area contributed by atoms with Crippen LogP contribution in [0.4, 0.5) is 0 Å². The standard InChI is InChI=1S/C20H29NO3/c1-23-19-6-2-4-16(14-19)7-8-17-5-3-11-21(15-17)20(22)18-9-12-24-13-10-18/h2,4,6,14,17-18H,3,5,7-13,15H2,1H3. The second-order valence-corrected chi connectivity index (χ2v) is 7.07. The lowest BCUT2D eigenvalue weighted by atomic mass is 9.90. The van der Waals surface area contributed by atoms with Crippen molar-refractivity contribution in [2.45, 2.75) is 38.5 Å². The molecule has 3 rings (SSSR count). The summed E-state index contributed by atoms with van der Waals surface area (Å²) in [6.07, 6.45) is 6.36. The smallest absolute Gasteiger partial charge is 0.225 e. The number of methoxy groups -OCH3 is 1. The molecule has 0 N–H and O–H groups in total. The molecule has 1 amide bonds. The van der Waals surface area contributed by atoms with Gasteiger partial charge in [-0.3, -0.25) is 4.79 Å². The minimum atomic E-state index is 0.191. The molecule has 1 aromatic carbocycles. The molecule has 1 aromatic rings. The van der Waals surface area contributed by atoms with E-state index in [1.54, 1.807) is 7.11 Å². The molecule has 2 fully saturated rings. The molecule has 132 valence electrons. The van der Waals surface area contributed by atoms with Crippen LogP contribution in [0.25, 0.3) is 0 Å². The molecule has 24 heavy (non-hydrogen) atoms. The third kappa shape index (κ3) is 4.50. The maximum atomic E-state index is 12.7. The van der Waals surface area contributed by atoms with Gasteiger partial charge in [0.25, 0.3) is 0 Å². The molecule has 2 saturated heterocycles. The van der Waals surface area contributed by atoms with Crippen LogP contribution in [0, 0.1) is 11.8 Å². The van der Waals surface area contributed by atoms with Crippen LogP contribution in [0.2, 0.25) is 0 Å². The number of nitrogens with zero attached hydrogens (tertiary/aromatic N) is 1. The van der Waals surface area contributed by atoms with Crippen LogP contribution in [0.15, 0.2) is 24.3 Å². The number of hydrogen-bond acceptors (Lipinski definition) is 3. The largest absolute Gasteiger partial charge is 0.497 e. The van der Waals surface area contributed by atoms with Gasteiger partial charge in [0.1, 0.15) is 5.75 Å². The van der Waals surface area contributed by atoms with E-state index in [1.807, 2.05) is 6.07 Å². The first-order valence-electron chi connectivity index (χ1n) is 9.25. The zero-order chi connectivity index (χ0) is 16.8. The third-order valence-electron chi connectivity index (χ3n) is 5.38. The number of carbonyl (C=O) groups is 1. The highest BCUT2D eigenvalue weighted by Gasteiger charge is 2.29. The number of amides is 1. The Balaban J connectivity index is 1.50. The van der Waals surface area contributed by atoms with E-state index in [0.717, 1.165) is 64.2 Å². The highest BCUT2D eigenvalue weighted by molar-refractivity contribution is 5.79. The number of hydrogen-bond donors (Lipinski definition) is 0. The summed E-state index contributed by atoms with van der Waals surface area (Å²) >= 11 is 0. The molecular weight excluding hydrogens is 302 g/mol. The van der Waals surface area contributed by atoms with Gasteiger partial charge in [0, 0.05) is 32.2 Å². The van der Waals surface area contributed by atoms with E-state index in [0.29, 0.717) is 11.8 Å². The van der Waals surface area contributed by atoms with Crippen LogP contribution < -0.4 is 4.74 Å². The number of rotatable bonds is 5. The molecule has 0 aromatic heterocycles. The van der Waals surface area contributed by atoms with E-state index in [9.17, 15) is 4.79 Å². The summed E-state index contributed by atoms with van der Waals surface area (Å²) in [5.74, 6) is 2.10. The van der Waals surface area contributed by atoms with Crippen molar-refractivity contribution >= 4 is 5.91 Å². The number of carbonyl (C=O) groups excluding carboxylic acids is 1. The fraction of sp³-hybridized carbons (Fsp3) is 0.650. The Bertz CT molecular complexity index is 539. The van der Waals surface area contributed by atoms with Crippen LogP contribution in [0.5, 0.6) is 5.75 Å². The van der Waals surface area contributed by atoms with Gasteiger partial charge in [-0.15, -0.1) is 0 Å². The van der Waals surface area contributed by atoms with Crippen LogP contribution in [0.3, 0.4) is 0 Å². The molecule has 0 aliphatic carbocycles. The Hall–Kier alpha value is -1.55. The van der Waals surface area contributed by atoms with Gasteiger partial charge >= 0.3 is 0 Å². The minimum absolute atomic E-state index is 0.191. The van der Waals surface area contributed by atoms with Crippen LogP contribution in [0.1, 0.15) is 37.7 Å². The summed E-state index contributed by atoms with van der Waals surface area (Å²) < 4.78 is 10.7. The van der Waals surface area contributed by atoms with Crippen LogP contribution >= 0.6 is 0 Å². The number of piperidine rings is 1. The van der Waals surface area contributed by atoms with Gasteiger partial charge in [0.05, 0.1) is 7.11 Å². The maximum Gasteiger partial charge on any atom is 0.225 e. The quantitative estimate of drug-likeness (QED) is 0.831. The van der Waals surface area contributed by atoms with E-state index >= 15 is 0 Å². The number of benzene rings is 1. The van der Waals surface area contributed by atoms with Gasteiger partial charge in [-0.2, -0.15) is 0 Å². The first kappa shape index (κ1) is 17.3. The number of likely N-dealkylation sites (tertiary alicyclic amines) is 1. The first-order valence-corrected chi connectivity index (χ1v) is 9.25. The normalized spacial score (nSPS) is 22.4. The summed E-state index contributed by atoms with van der Waals surface area (Å²) in [5.41, 5.74) is 1.32. The lowest BCUT2D eigenvalue weighted by molar-refractivity contribution is -0.140. The van der Waals surface area contributed by atoms with Gasteiger partial charge in [-0.25, -0.2) is 0 Å². The Labute approximate surface area is 145 Å². The fourth-order valence-corrected chi connectivity index (χ4v) is 3.90. The molecule has 2 aliphatic rings. The Morgan fingerprint density at radius 3 is 2.92 bits per heavy atom. The van der Waals surface area contributed by atoms with Gasteiger partial charge in [-0.1, -0.05) is 12.1 Å². The highest BCUT2D eigenvalue weighted by atomic mass is 16.5. The van der Waals surface area contributed by atoms with E-state index in [4.69, 9.17) is 9.47 Å². The maximum absolute atomic E-state index is 12.7. The van der Waals surface area contributed by atoms with Gasteiger partial charge < -0.3 is 14.4 Å². The molecule has 0 bridgehead atoms. The van der Waals surface area contributed by atoms with Gasteiger partial charge in [0.2, 0.25) is 5.91 Å². The molecule has 1 atom stereocenters. The van der Waals surface area contributed by atoms with Crippen molar-refractivity contribution in [3.63, 3.8) is 0 Å². The molecular formula is C20H29NO3. The average molecular weight is 331 g/mol. The SMILES string of the molecule is COc1cccc(CCC2CCCN(C(=O)C3CCOCC3)C2)c1. The summed E-state index contributed by atoms with van der Waals surface area (Å²) in [7, 11) is 1.71. The zero-order valence-corrected chi connectivity index (χ0v) is 14.7. The fourth-order valence-electron chi connectivity index (χ4n) is 3.90. The molecule has 2 heterocycles. The second-order valence-electron chi connectivity index (χ2n) is 7.07. The van der Waals surface area contributed by atoms with Crippen molar-refractivity contribution in [2.24, 2.45) is 11.8 Å². The topological polar surface area (TPSA) is 38.8 Å². The third-order valence-corrected chi connectivity index (χ3v) is 5.38. The lowest BCUT2D eigenvalue weighted by Crippen LogP contribution is -2.44. The van der Waals surface area contributed by atoms with Crippen molar-refractivity contribution in [3.05, 3.63) is 29.8 Å². The predicted molar refractivity (Wildman–Crippen MR) is 94.2 cm³/mol. The molecule has 2 aliphatic heterocycles. The predicted octanol–water partition coefficient (Wildman–Crippen LogP) is 3.29. The Kier molecular flexibility index (Phi) is 6.13. The van der Waals surface area contributed by atoms with Crippen molar-refractivity contribution in [3.8, 4) is 5.75 Å². The average Bonchev–Trinajstić information content (AvgIpc) is 2.67. The number of ether oxygens (including phenoxy) is 2. The van der Waals surface area contributed by atoms with E-state index in [1.165, 1.54) is 12.0 Å². The summed E-state index contributed by atoms with van der Waals surface area (Å²) in [5, 5.41) is 0. The van der Waals surface area contributed by atoms with E-state index < -0.39 is 0 Å². The summed E-state index contributed by atoms with van der Waals surface area (Å²) in [6.45, 7) is 3.35. The molecule has 0 radical (unpaired) electrons. The second kappa shape index (κ2) is 8.52. The lowest BCUT2D eigenvalue weighted by Gasteiger charge is -2.36. The van der Waals surface area contributed by atoms with E-state index in [2.05, 4.69) is 23.1 Å². The highest BCUT2D eigenvalue weighted by Crippen LogP contribution is 2.26. The zero-order valence-electron chi connectivity index (χ0n) is 14.7. The van der Waals surface area contributed by atoms with Gasteiger partial charge in [-0.05, 0) is 62.1 Å². The molecule has 0 saturated carbocycles. The van der Waals surface area contributed by atoms with Crippen molar-refractivity contribution in [1.29, 1.82) is 0 Å². The molecule has 4 nitrogen and oxygen atoms in total. The molecule has 0 spiro atoms. The number of aryl methyl sites for hydroxylation is 1. The molecule has 4 heteroatoms. The van der Waals surface area contributed by atoms with Gasteiger partial charge in [0.15, 0.2) is 0 Å². The molecule has 1 unspecified atom stereocenters. The summed E-state index contributed by atoms with van der Waals surface area (Å²) in [4.78, 5) is 14.8. The minimum Gasteiger partial charge on any atom is -0.497 e. The Morgan fingerprint density at radius 1 is 1.29 bits per heavy atom. The monoisotopic (exact) mass is 331 g/mol. The first-order chi connectivity index (χ1) is 11.8. The van der Waals surface area contributed by atoms with Crippen LogP contribution in [-0.4, -0.2) is 44.2 Å².